The van der Waals surface area contributed by atoms with Gasteiger partial charge >= 0.3 is 11.9 Å². The Kier molecular flexibility index (Phi) is 7.41. The summed E-state index contributed by atoms with van der Waals surface area (Å²) in [6, 6.07) is 17.6. The molecule has 1 saturated heterocycles. The second-order valence-electron chi connectivity index (χ2n) is 8.05. The molecule has 182 valence electrons. The third-order valence-corrected chi connectivity index (χ3v) is 5.71. The number of carbonyl (C=O) groups excluding carboxylic acids is 2. The molecule has 1 aliphatic heterocycles. The Morgan fingerprint density at radius 3 is 2.46 bits per heavy atom. The summed E-state index contributed by atoms with van der Waals surface area (Å²) in [7, 11) is 0. The van der Waals surface area contributed by atoms with Crippen LogP contribution >= 0.6 is 0 Å². The lowest BCUT2D eigenvalue weighted by Crippen LogP contribution is -2.46. The summed E-state index contributed by atoms with van der Waals surface area (Å²) in [4.78, 5) is 39.7. The van der Waals surface area contributed by atoms with Gasteiger partial charge in [0.15, 0.2) is 5.76 Å². The molecular weight excluding hydrogens is 452 g/mol. The van der Waals surface area contributed by atoms with E-state index in [0.29, 0.717) is 11.3 Å². The molecule has 2 heterocycles. The molecule has 1 N–H and O–H groups in total. The second kappa shape index (κ2) is 10.8. The molecule has 10 nitrogen and oxygen atoms in total. The van der Waals surface area contributed by atoms with E-state index in [1.807, 2.05) is 18.2 Å². The van der Waals surface area contributed by atoms with Crippen molar-refractivity contribution in [3.63, 3.8) is 0 Å². The predicted molar refractivity (Wildman–Crippen MR) is 130 cm³/mol. The van der Waals surface area contributed by atoms with Gasteiger partial charge in [-0.3, -0.25) is 19.8 Å². The molecule has 1 fully saturated rings. The van der Waals surface area contributed by atoms with Crippen LogP contribution in [-0.4, -0.2) is 54.5 Å². The van der Waals surface area contributed by atoms with Crippen LogP contribution in [0.15, 0.2) is 65.1 Å². The van der Waals surface area contributed by atoms with Gasteiger partial charge in [-0.15, -0.1) is 0 Å². The van der Waals surface area contributed by atoms with Crippen molar-refractivity contribution >= 4 is 29.1 Å². The van der Waals surface area contributed by atoms with Gasteiger partial charge in [0.1, 0.15) is 4.92 Å². The first-order valence-electron chi connectivity index (χ1n) is 11.3. The van der Waals surface area contributed by atoms with E-state index < -0.39 is 22.7 Å². The zero-order chi connectivity index (χ0) is 24.8. The van der Waals surface area contributed by atoms with Crippen molar-refractivity contribution in [2.24, 2.45) is 0 Å². The van der Waals surface area contributed by atoms with E-state index in [-0.39, 0.29) is 12.4 Å². The van der Waals surface area contributed by atoms with Crippen LogP contribution in [0.5, 0.6) is 0 Å². The van der Waals surface area contributed by atoms with Crippen LogP contribution < -0.4 is 10.2 Å². The normalized spacial score (nSPS) is 13.9. The molecule has 1 amide bonds. The smallest absolute Gasteiger partial charge is 0.433 e. The SMILES string of the molecule is CCOC(=O)c1ccc(N2CCN(Cc3ccccc3)CC2)c(NC(=O)c2ccc([N+](=O)[O-])o2)c1. The molecule has 3 aromatic rings. The van der Waals surface area contributed by atoms with Crippen LogP contribution in [0.2, 0.25) is 0 Å². The van der Waals surface area contributed by atoms with Crippen LogP contribution in [-0.2, 0) is 11.3 Å². The number of nitrogens with zero attached hydrogens (tertiary/aromatic N) is 3. The molecule has 1 aliphatic rings. The summed E-state index contributed by atoms with van der Waals surface area (Å²) in [5.41, 5.74) is 2.68. The number of benzene rings is 2. The average molecular weight is 479 g/mol. The fourth-order valence-electron chi connectivity index (χ4n) is 3.97. The highest BCUT2D eigenvalue weighted by Crippen LogP contribution is 2.30. The number of furan rings is 1. The number of rotatable bonds is 8. The molecule has 1 aromatic heterocycles. The summed E-state index contributed by atoms with van der Waals surface area (Å²) in [6.45, 7) is 5.90. The van der Waals surface area contributed by atoms with Crippen LogP contribution in [0.3, 0.4) is 0 Å². The third kappa shape index (κ3) is 5.85. The Balaban J connectivity index is 1.52. The highest BCUT2D eigenvalue weighted by atomic mass is 16.6. The number of ether oxygens (including phenoxy) is 1. The highest BCUT2D eigenvalue weighted by Gasteiger charge is 2.23. The van der Waals surface area contributed by atoms with Crippen molar-refractivity contribution in [2.45, 2.75) is 13.5 Å². The Morgan fingerprint density at radius 2 is 1.80 bits per heavy atom. The first-order valence-corrected chi connectivity index (χ1v) is 11.3. The lowest BCUT2D eigenvalue weighted by molar-refractivity contribution is -0.402. The zero-order valence-electron chi connectivity index (χ0n) is 19.3. The Bertz CT molecular complexity index is 1200. The Morgan fingerprint density at radius 1 is 1.06 bits per heavy atom. The Hall–Kier alpha value is -4.18. The summed E-state index contributed by atoms with van der Waals surface area (Å²) in [5, 5.41) is 13.6. The molecule has 35 heavy (non-hydrogen) atoms. The fourth-order valence-corrected chi connectivity index (χ4v) is 3.97. The van der Waals surface area contributed by atoms with Crippen molar-refractivity contribution in [1.29, 1.82) is 0 Å². The van der Waals surface area contributed by atoms with Crippen LogP contribution in [0.4, 0.5) is 17.3 Å². The minimum absolute atomic E-state index is 0.197. The van der Waals surface area contributed by atoms with Gasteiger partial charge in [0.25, 0.3) is 5.91 Å². The maximum Gasteiger partial charge on any atom is 0.433 e. The molecule has 4 rings (SSSR count). The van der Waals surface area contributed by atoms with E-state index in [9.17, 15) is 19.7 Å². The highest BCUT2D eigenvalue weighted by molar-refractivity contribution is 6.05. The lowest BCUT2D eigenvalue weighted by Gasteiger charge is -2.37. The number of hydrogen-bond acceptors (Lipinski definition) is 8. The summed E-state index contributed by atoms with van der Waals surface area (Å²) >= 11 is 0. The average Bonchev–Trinajstić information content (AvgIpc) is 3.37. The maximum atomic E-state index is 12.8. The number of esters is 1. The number of nitro groups is 1. The van der Waals surface area contributed by atoms with Gasteiger partial charge in [0.2, 0.25) is 0 Å². The van der Waals surface area contributed by atoms with Gasteiger partial charge in [0, 0.05) is 32.7 Å². The van der Waals surface area contributed by atoms with Gasteiger partial charge in [-0.1, -0.05) is 30.3 Å². The summed E-state index contributed by atoms with van der Waals surface area (Å²) in [6.07, 6.45) is 0. The molecule has 2 aromatic carbocycles. The van der Waals surface area contributed by atoms with E-state index in [1.54, 1.807) is 25.1 Å². The second-order valence-corrected chi connectivity index (χ2v) is 8.05. The first-order chi connectivity index (χ1) is 16.9. The van der Waals surface area contributed by atoms with E-state index in [1.165, 1.54) is 11.6 Å². The van der Waals surface area contributed by atoms with Crippen LogP contribution in [0, 0.1) is 10.1 Å². The molecule has 0 atom stereocenters. The summed E-state index contributed by atoms with van der Waals surface area (Å²) < 4.78 is 10.1. The molecule has 0 saturated carbocycles. The lowest BCUT2D eigenvalue weighted by atomic mass is 10.1. The monoisotopic (exact) mass is 478 g/mol. The molecule has 0 unspecified atom stereocenters. The minimum Gasteiger partial charge on any atom is -0.462 e. The van der Waals surface area contributed by atoms with Crippen LogP contribution in [0.25, 0.3) is 0 Å². The predicted octanol–water partition coefficient (Wildman–Crippen LogP) is 3.94. The van der Waals surface area contributed by atoms with Crippen molar-refractivity contribution in [3.05, 3.63) is 87.7 Å². The quantitative estimate of drug-likeness (QED) is 0.294. The molecule has 0 bridgehead atoms. The van der Waals surface area contributed by atoms with Gasteiger partial charge in [-0.25, -0.2) is 4.79 Å². The number of piperazine rings is 1. The standard InChI is InChI=1S/C25H26N4O6/c1-2-34-25(31)19-8-9-21(20(16-19)26-24(30)22-10-11-23(35-22)29(32)33)28-14-12-27(13-15-28)17-18-6-4-3-5-7-18/h3-11,16H,2,12-15,17H2,1H3,(H,26,30). The zero-order valence-corrected chi connectivity index (χ0v) is 19.3. The van der Waals surface area contributed by atoms with E-state index >= 15 is 0 Å². The third-order valence-electron chi connectivity index (χ3n) is 5.71. The molecule has 0 spiro atoms. The molecule has 10 heteroatoms. The first kappa shape index (κ1) is 24.0. The van der Waals surface area contributed by atoms with Gasteiger partial charge in [-0.2, -0.15) is 0 Å². The maximum absolute atomic E-state index is 12.8. The molecule has 0 radical (unpaired) electrons. The van der Waals surface area contributed by atoms with Gasteiger partial charge < -0.3 is 19.4 Å². The van der Waals surface area contributed by atoms with Crippen molar-refractivity contribution in [1.82, 2.24) is 4.90 Å². The fraction of sp³-hybridized carbons (Fsp3) is 0.280. The van der Waals surface area contributed by atoms with E-state index in [0.717, 1.165) is 44.5 Å². The van der Waals surface area contributed by atoms with Crippen molar-refractivity contribution < 1.29 is 23.7 Å². The number of carbonyl (C=O) groups is 2. The van der Waals surface area contributed by atoms with E-state index in [4.69, 9.17) is 9.15 Å². The van der Waals surface area contributed by atoms with Crippen molar-refractivity contribution in [3.8, 4) is 0 Å². The number of hydrogen-bond donors (Lipinski definition) is 1. The topological polar surface area (TPSA) is 118 Å². The minimum atomic E-state index is -0.710. The van der Waals surface area contributed by atoms with Crippen molar-refractivity contribution in [2.75, 3.05) is 43.0 Å². The molecule has 0 aliphatic carbocycles. The number of nitrogens with one attached hydrogen (secondary N) is 1. The van der Waals surface area contributed by atoms with Gasteiger partial charge in [0.05, 0.1) is 29.6 Å². The van der Waals surface area contributed by atoms with E-state index in [2.05, 4.69) is 27.2 Å². The largest absolute Gasteiger partial charge is 0.462 e. The number of anilines is 2. The van der Waals surface area contributed by atoms with Gasteiger partial charge in [-0.05, 0) is 36.8 Å². The number of amides is 1. The summed E-state index contributed by atoms with van der Waals surface area (Å²) in [5.74, 6) is -1.87. The van der Waals surface area contributed by atoms with Crippen LogP contribution in [0.1, 0.15) is 33.4 Å². The molecular formula is C25H26N4O6. The Labute approximate surface area is 202 Å².